The summed E-state index contributed by atoms with van der Waals surface area (Å²) in [5, 5.41) is 11.7. The molecule has 18 heteroatoms. The van der Waals surface area contributed by atoms with Crippen molar-refractivity contribution in [2.45, 2.75) is 139 Å². The number of alkyl carbamates (subject to hydrolysis) is 1. The minimum absolute atomic E-state index is 0.0142. The number of fused-ring (bicyclic) bond motifs is 3. The highest BCUT2D eigenvalue weighted by Gasteiger charge is 2.61. The van der Waals surface area contributed by atoms with Gasteiger partial charge in [0.25, 0.3) is 0 Å². The zero-order chi connectivity index (χ0) is 45.1. The predicted octanol–water partition coefficient (Wildman–Crippen LogP) is 9.67. The molecule has 4 heterocycles. The Balaban J connectivity index is 1.13. The lowest BCUT2D eigenvalue weighted by Gasteiger charge is -2.31. The van der Waals surface area contributed by atoms with Gasteiger partial charge in [-0.2, -0.15) is 0 Å². The van der Waals surface area contributed by atoms with Crippen LogP contribution >= 0.6 is 31.1 Å². The van der Waals surface area contributed by atoms with Gasteiger partial charge < -0.3 is 40.0 Å². The fourth-order valence-electron chi connectivity index (χ4n) is 9.38. The van der Waals surface area contributed by atoms with Gasteiger partial charge in [-0.05, 0) is 89.0 Å². The Kier molecular flexibility index (Phi) is 14.4. The monoisotopic (exact) mass is 940 g/mol. The first-order valence-electron chi connectivity index (χ1n) is 22.4. The molecule has 13 nitrogen and oxygen atoms in total. The predicted molar refractivity (Wildman–Crippen MR) is 244 cm³/mol. The van der Waals surface area contributed by atoms with Crippen molar-refractivity contribution in [3.8, 4) is 22.9 Å². The number of carbonyl (C=O) groups excluding carboxylic acids is 3. The lowest BCUT2D eigenvalue weighted by Crippen LogP contribution is -2.55. The quantitative estimate of drug-likeness (QED) is 0.107. The maximum Gasteiger partial charge on any atom is 0.408 e. The van der Waals surface area contributed by atoms with Crippen LogP contribution in [0, 0.1) is 17.6 Å². The largest absolute Gasteiger partial charge is 0.495 e. The van der Waals surface area contributed by atoms with E-state index < -0.39 is 61.2 Å². The minimum Gasteiger partial charge on any atom is -0.495 e. The van der Waals surface area contributed by atoms with Gasteiger partial charge in [0.05, 0.1) is 38.3 Å². The van der Waals surface area contributed by atoms with Crippen LogP contribution in [0.25, 0.3) is 22.3 Å². The highest BCUT2D eigenvalue weighted by molar-refractivity contribution is 7.53. The number of anilines is 1. The number of methoxy groups -OCH3 is 1. The molecule has 6 atom stereocenters. The second kappa shape index (κ2) is 20.0. The molecule has 1 unspecified atom stereocenters. The van der Waals surface area contributed by atoms with Crippen molar-refractivity contribution in [2.75, 3.05) is 19.0 Å². The molecule has 2 aliphatic heterocycles. The van der Waals surface area contributed by atoms with E-state index in [2.05, 4.69) is 16.0 Å². The molecule has 2 aromatic heterocycles. The van der Waals surface area contributed by atoms with E-state index in [-0.39, 0.29) is 47.8 Å². The van der Waals surface area contributed by atoms with Gasteiger partial charge in [-0.25, -0.2) is 23.5 Å². The molecular weight excluding hydrogens is 885 g/mol. The molecule has 8 rings (SSSR count). The average Bonchev–Trinajstić information content (AvgIpc) is 3.69. The Hall–Kier alpha value is -4.37. The molecule has 0 bridgehead atoms. The van der Waals surface area contributed by atoms with Crippen LogP contribution in [-0.2, 0) is 20.5 Å². The van der Waals surface area contributed by atoms with Crippen LogP contribution in [0.3, 0.4) is 0 Å². The Morgan fingerprint density at radius 1 is 1.00 bits per heavy atom. The van der Waals surface area contributed by atoms with Crippen molar-refractivity contribution in [1.29, 1.82) is 0 Å². The summed E-state index contributed by atoms with van der Waals surface area (Å²) in [6.07, 6.45) is 7.25. The molecule has 2 saturated carbocycles. The lowest BCUT2D eigenvalue weighted by molar-refractivity contribution is -0.140. The molecule has 2 aromatic carbocycles. The number of amides is 3. The molecule has 0 radical (unpaired) electrons. The highest BCUT2D eigenvalue weighted by atomic mass is 35.5. The van der Waals surface area contributed by atoms with E-state index in [9.17, 15) is 28.1 Å². The number of halogens is 3. The van der Waals surface area contributed by atoms with E-state index in [1.807, 2.05) is 19.2 Å². The highest BCUT2D eigenvalue weighted by Crippen LogP contribution is 2.67. The molecule has 64 heavy (non-hydrogen) atoms. The van der Waals surface area contributed by atoms with Crippen LogP contribution in [0.5, 0.6) is 11.5 Å². The molecule has 344 valence electrons. The fraction of sp³-hybridized carbons (Fsp3) is 0.543. The number of hydrogen-bond donors (Lipinski definition) is 4. The summed E-state index contributed by atoms with van der Waals surface area (Å²) < 4.78 is 48.0. The fourth-order valence-corrected chi connectivity index (χ4v) is 12.6. The Morgan fingerprint density at radius 2 is 1.72 bits per heavy atom. The van der Waals surface area contributed by atoms with Gasteiger partial charge >= 0.3 is 6.09 Å². The maximum atomic E-state index is 14.9. The van der Waals surface area contributed by atoms with Crippen molar-refractivity contribution in [3.05, 3.63) is 64.0 Å². The standard InChI is InChI=1S/C46H56ClF2N6O7PS/c1-26(2)50-44-52-36(25-64-44)35-21-39(30-18-19-38(60-3)40(47)41(30)51-35)61-29-20-37-42(56)54-46(63(59)24-31-32(48)15-11-16-33(31)49)22-27(46)12-7-5-4-6-8-17-34(43(57)55(37)23-29)53-45(58)62-28-13-9-10-14-28/h11,15-16,18-19,21,25-29,34,37,59H,4-10,12-14,17,20,22-24H2,1-3H3,(H,50,52)(H,53,58)(H,54,56)/t27-,29-,34+,37+,46+,63?/m1/s1. The van der Waals surface area contributed by atoms with Gasteiger partial charge in [-0.1, -0.05) is 49.8 Å². The van der Waals surface area contributed by atoms with E-state index in [1.54, 1.807) is 18.2 Å². The van der Waals surface area contributed by atoms with Crippen LogP contribution in [0.2, 0.25) is 5.02 Å². The number of rotatable bonds is 11. The molecule has 3 amide bonds. The van der Waals surface area contributed by atoms with Gasteiger partial charge in [0.15, 0.2) is 5.13 Å². The zero-order valence-electron chi connectivity index (χ0n) is 36.3. The minimum atomic E-state index is -2.15. The van der Waals surface area contributed by atoms with Gasteiger partial charge in [-0.3, -0.25) is 9.59 Å². The Bertz CT molecular complexity index is 2330. The van der Waals surface area contributed by atoms with Gasteiger partial charge in [0.2, 0.25) is 11.8 Å². The third-order valence-electron chi connectivity index (χ3n) is 12.8. The summed E-state index contributed by atoms with van der Waals surface area (Å²) in [5.74, 6) is -1.79. The second-order valence-electron chi connectivity index (χ2n) is 17.7. The number of hydrogen-bond acceptors (Lipinski definition) is 11. The Labute approximate surface area is 382 Å². The van der Waals surface area contributed by atoms with Crippen molar-refractivity contribution in [1.82, 2.24) is 25.5 Å². The summed E-state index contributed by atoms with van der Waals surface area (Å²) in [7, 11) is -0.631. The van der Waals surface area contributed by atoms with Crippen LogP contribution in [0.15, 0.2) is 41.8 Å². The molecule has 4 aromatic rings. The lowest BCUT2D eigenvalue weighted by atomic mass is 10.0. The normalized spacial score (nSPS) is 24.9. The van der Waals surface area contributed by atoms with Gasteiger partial charge in [-0.15, -0.1) is 11.3 Å². The molecule has 2 saturated heterocycles. The summed E-state index contributed by atoms with van der Waals surface area (Å²) in [6, 6.07) is 6.97. The number of thiazole rings is 1. The van der Waals surface area contributed by atoms with Gasteiger partial charge in [0, 0.05) is 41.0 Å². The molecular formula is C46H56ClF2N6O7PS. The third kappa shape index (κ3) is 10.2. The first-order chi connectivity index (χ1) is 30.8. The van der Waals surface area contributed by atoms with Crippen molar-refractivity contribution in [3.63, 3.8) is 0 Å². The number of aromatic nitrogens is 2. The number of nitrogens with one attached hydrogen (secondary N) is 3. The van der Waals surface area contributed by atoms with E-state index in [4.69, 9.17) is 35.8 Å². The molecule has 4 N–H and O–H groups in total. The number of pyridine rings is 1. The zero-order valence-corrected chi connectivity index (χ0v) is 38.8. The summed E-state index contributed by atoms with van der Waals surface area (Å²) in [6.45, 7) is 4.03. The first-order valence-corrected chi connectivity index (χ1v) is 25.1. The van der Waals surface area contributed by atoms with Gasteiger partial charge in [0.1, 0.15) is 58.1 Å². The smallest absolute Gasteiger partial charge is 0.408 e. The van der Waals surface area contributed by atoms with Crippen LogP contribution in [0.1, 0.15) is 103 Å². The first kappa shape index (κ1) is 46.2. The average molecular weight is 941 g/mol. The second-order valence-corrected chi connectivity index (χ2v) is 20.9. The molecule has 4 aliphatic rings. The van der Waals surface area contributed by atoms with E-state index in [1.165, 1.54) is 29.4 Å². The molecule has 4 fully saturated rings. The number of ether oxygens (including phenoxy) is 3. The maximum absolute atomic E-state index is 14.9. The van der Waals surface area contributed by atoms with E-state index in [0.717, 1.165) is 63.5 Å². The van der Waals surface area contributed by atoms with Crippen LogP contribution in [0.4, 0.5) is 18.7 Å². The third-order valence-corrected chi connectivity index (χ3v) is 16.2. The Morgan fingerprint density at radius 3 is 2.45 bits per heavy atom. The van der Waals surface area contributed by atoms with Crippen LogP contribution in [-0.4, -0.2) is 86.9 Å². The number of nitrogens with zero attached hydrogens (tertiary/aromatic N) is 3. The topological polar surface area (TPSA) is 164 Å². The summed E-state index contributed by atoms with van der Waals surface area (Å²) >= 11 is 8.31. The van der Waals surface area contributed by atoms with Crippen molar-refractivity contribution < 1.29 is 42.3 Å². The number of benzene rings is 2. The SMILES string of the molecule is COc1ccc2c(O[C@@H]3C[C@H]4C(=O)N[C@]5(P(O)Cc6c(F)cccc6F)C[C@H]5CCCCCCC[C@H](NC(=O)OC5CCCC5)C(=O)N4C3)cc(-c3csc(NC(C)C)n3)nc2c1Cl. The molecule has 0 spiro atoms. The summed E-state index contributed by atoms with van der Waals surface area (Å²) in [4.78, 5) is 66.1. The van der Waals surface area contributed by atoms with Crippen molar-refractivity contribution >= 4 is 65.0 Å². The number of carbonyl (C=O) groups is 3. The summed E-state index contributed by atoms with van der Waals surface area (Å²) in [5.41, 5.74) is 1.26. The van der Waals surface area contributed by atoms with E-state index in [0.29, 0.717) is 64.6 Å². The van der Waals surface area contributed by atoms with E-state index >= 15 is 0 Å². The molecule has 2 aliphatic carbocycles. The van der Waals surface area contributed by atoms with Crippen molar-refractivity contribution in [2.24, 2.45) is 5.92 Å². The van der Waals surface area contributed by atoms with Crippen LogP contribution < -0.4 is 25.4 Å².